The molecule has 30 heavy (non-hydrogen) atoms. The number of rotatable bonds is 5. The van der Waals surface area contributed by atoms with E-state index >= 15 is 0 Å². The number of esters is 1. The summed E-state index contributed by atoms with van der Waals surface area (Å²) in [4.78, 5) is 27.3. The van der Waals surface area contributed by atoms with Gasteiger partial charge < -0.3 is 10.1 Å². The lowest BCUT2D eigenvalue weighted by molar-refractivity contribution is -0.161. The van der Waals surface area contributed by atoms with Gasteiger partial charge in [-0.3, -0.25) is 9.59 Å². The highest BCUT2D eigenvalue weighted by atomic mass is 16.5. The van der Waals surface area contributed by atoms with Gasteiger partial charge in [-0.2, -0.15) is 0 Å². The lowest BCUT2D eigenvalue weighted by Gasteiger charge is -2.43. The van der Waals surface area contributed by atoms with E-state index in [4.69, 9.17) is 4.74 Å². The van der Waals surface area contributed by atoms with Gasteiger partial charge in [-0.1, -0.05) is 66.6 Å². The van der Waals surface area contributed by atoms with E-state index in [-0.39, 0.29) is 18.4 Å². The summed E-state index contributed by atoms with van der Waals surface area (Å²) in [6.07, 6.45) is 7.88. The predicted octanol–water partition coefficient (Wildman–Crippen LogP) is 5.41. The molecule has 0 spiro atoms. The van der Waals surface area contributed by atoms with E-state index in [1.165, 1.54) is 12.0 Å². The molecule has 2 atom stereocenters. The van der Waals surface area contributed by atoms with E-state index in [9.17, 15) is 9.59 Å². The quantitative estimate of drug-likeness (QED) is 0.413. The van der Waals surface area contributed by atoms with Crippen LogP contribution in [-0.4, -0.2) is 18.5 Å². The van der Waals surface area contributed by atoms with Gasteiger partial charge in [0.1, 0.15) is 0 Å². The molecule has 0 aromatic heterocycles. The number of fused-ring (bicyclic) bond motifs is 1. The van der Waals surface area contributed by atoms with Crippen LogP contribution in [0, 0.1) is 5.41 Å². The number of amides is 1. The maximum Gasteiger partial charge on any atom is 0.322 e. The highest BCUT2D eigenvalue weighted by molar-refractivity contribution is 6.12. The molecule has 156 valence electrons. The van der Waals surface area contributed by atoms with Crippen LogP contribution < -0.4 is 5.32 Å². The van der Waals surface area contributed by atoms with Crippen LogP contribution in [0.25, 0.3) is 0 Å². The Morgan fingerprint density at radius 3 is 2.63 bits per heavy atom. The first kappa shape index (κ1) is 20.4. The molecule has 0 saturated heterocycles. The second kappa shape index (κ2) is 8.86. The van der Waals surface area contributed by atoms with Gasteiger partial charge in [0, 0.05) is 11.6 Å². The monoisotopic (exact) mass is 403 g/mol. The number of para-hydroxylation sites is 1. The summed E-state index contributed by atoms with van der Waals surface area (Å²) in [7, 11) is 0. The summed E-state index contributed by atoms with van der Waals surface area (Å²) in [5.41, 5.74) is 2.64. The molecule has 2 aromatic rings. The summed E-state index contributed by atoms with van der Waals surface area (Å²) in [5, 5.41) is 3.03. The van der Waals surface area contributed by atoms with Crippen molar-refractivity contribution in [3.05, 3.63) is 77.4 Å². The van der Waals surface area contributed by atoms with E-state index in [1.54, 1.807) is 6.92 Å². The predicted molar refractivity (Wildman–Crippen MR) is 118 cm³/mol. The number of nitrogens with one attached hydrogen (secondary N) is 1. The topological polar surface area (TPSA) is 55.4 Å². The minimum Gasteiger partial charge on any atom is -0.465 e. The largest absolute Gasteiger partial charge is 0.465 e. The maximum absolute atomic E-state index is 13.7. The normalized spacial score (nSPS) is 23.6. The van der Waals surface area contributed by atoms with Gasteiger partial charge in [0.2, 0.25) is 5.91 Å². The van der Waals surface area contributed by atoms with Crippen molar-refractivity contribution in [1.29, 1.82) is 0 Å². The Bertz CT molecular complexity index is 950. The van der Waals surface area contributed by atoms with Gasteiger partial charge in [0.15, 0.2) is 5.41 Å². The number of carbonyl (C=O) groups is 2. The minimum absolute atomic E-state index is 0.246. The second-order valence-corrected chi connectivity index (χ2v) is 8.21. The third kappa shape index (κ3) is 3.67. The fraction of sp³-hybridized carbons (Fsp3) is 0.385. The van der Waals surface area contributed by atoms with Gasteiger partial charge in [0.25, 0.3) is 0 Å². The Labute approximate surface area is 178 Å². The van der Waals surface area contributed by atoms with E-state index < -0.39 is 11.4 Å². The zero-order chi connectivity index (χ0) is 21.0. The lowest BCUT2D eigenvalue weighted by Crippen LogP contribution is -2.53. The molecule has 0 unspecified atom stereocenters. The Balaban J connectivity index is 1.92. The number of hydrogen-bond acceptors (Lipinski definition) is 3. The van der Waals surface area contributed by atoms with Crippen LogP contribution in [0.4, 0.5) is 5.69 Å². The molecular formula is C26H29NO3. The lowest BCUT2D eigenvalue weighted by atomic mass is 9.62. The van der Waals surface area contributed by atoms with Crippen molar-refractivity contribution in [2.45, 2.75) is 51.4 Å². The van der Waals surface area contributed by atoms with Gasteiger partial charge in [-0.25, -0.2) is 0 Å². The summed E-state index contributed by atoms with van der Waals surface area (Å²) in [6.45, 7) is 2.04. The molecule has 1 aliphatic heterocycles. The first-order chi connectivity index (χ1) is 14.7. The second-order valence-electron chi connectivity index (χ2n) is 8.21. The Hall–Kier alpha value is -2.88. The molecule has 1 amide bonds. The molecule has 2 aromatic carbocycles. The average molecular weight is 404 g/mol. The molecule has 0 fully saturated rings. The van der Waals surface area contributed by atoms with E-state index in [0.717, 1.165) is 42.5 Å². The smallest absolute Gasteiger partial charge is 0.322 e. The van der Waals surface area contributed by atoms with E-state index in [0.29, 0.717) is 6.42 Å². The third-order valence-corrected chi connectivity index (χ3v) is 6.33. The molecule has 4 rings (SSSR count). The number of ether oxygens (including phenoxy) is 1. The van der Waals surface area contributed by atoms with Crippen LogP contribution in [0.3, 0.4) is 0 Å². The molecule has 0 saturated carbocycles. The van der Waals surface area contributed by atoms with Crippen LogP contribution in [0.2, 0.25) is 0 Å². The number of carbonyl (C=O) groups excluding carboxylic acids is 2. The SMILES string of the molecule is CCOC(=O)[C@]1(Cc2ccccc2)C(=O)Nc2ccccc2[C@H]1C1=CCCCCC1. The molecular weight excluding hydrogens is 374 g/mol. The van der Waals surface area contributed by atoms with Gasteiger partial charge in [0.05, 0.1) is 6.61 Å². The van der Waals surface area contributed by atoms with Crippen molar-refractivity contribution in [3.8, 4) is 0 Å². The zero-order valence-corrected chi connectivity index (χ0v) is 17.5. The maximum atomic E-state index is 13.7. The molecule has 2 aliphatic rings. The van der Waals surface area contributed by atoms with Crippen molar-refractivity contribution in [3.63, 3.8) is 0 Å². The summed E-state index contributed by atoms with van der Waals surface area (Å²) in [6, 6.07) is 17.7. The van der Waals surface area contributed by atoms with Gasteiger partial charge >= 0.3 is 5.97 Å². The molecule has 4 nitrogen and oxygen atoms in total. The summed E-state index contributed by atoms with van der Waals surface area (Å²) >= 11 is 0. The van der Waals surface area contributed by atoms with Crippen LogP contribution >= 0.6 is 0 Å². The van der Waals surface area contributed by atoms with E-state index in [2.05, 4.69) is 11.4 Å². The zero-order valence-electron chi connectivity index (χ0n) is 17.5. The summed E-state index contributed by atoms with van der Waals surface area (Å²) < 4.78 is 5.57. The fourth-order valence-corrected chi connectivity index (χ4v) is 4.95. The van der Waals surface area contributed by atoms with Crippen LogP contribution in [0.1, 0.15) is 56.1 Å². The molecule has 1 aliphatic carbocycles. The summed E-state index contributed by atoms with van der Waals surface area (Å²) in [5.74, 6) is -1.02. The highest BCUT2D eigenvalue weighted by Crippen LogP contribution is 2.52. The first-order valence-corrected chi connectivity index (χ1v) is 11.0. The van der Waals surface area contributed by atoms with Crippen LogP contribution in [0.15, 0.2) is 66.2 Å². The molecule has 1 heterocycles. The number of anilines is 1. The Morgan fingerprint density at radius 1 is 1.07 bits per heavy atom. The molecule has 1 N–H and O–H groups in total. The first-order valence-electron chi connectivity index (χ1n) is 11.0. The standard InChI is InChI=1S/C26H29NO3/c1-2-30-25(29)26(18-19-12-6-5-7-13-19)23(20-14-8-3-4-9-15-20)21-16-10-11-17-22(21)27-24(26)28/h5-7,10-14,16-17,23H,2-4,8-9,15,18H2,1H3,(H,27,28)/t23-,26+/m1/s1. The minimum atomic E-state index is -1.32. The molecule has 0 bridgehead atoms. The molecule has 0 radical (unpaired) electrons. The van der Waals surface area contributed by atoms with Gasteiger partial charge in [-0.15, -0.1) is 0 Å². The fourth-order valence-electron chi connectivity index (χ4n) is 4.95. The van der Waals surface area contributed by atoms with Crippen molar-refractivity contribution in [1.82, 2.24) is 0 Å². The molecule has 4 heteroatoms. The van der Waals surface area contributed by atoms with Crippen molar-refractivity contribution in [2.75, 3.05) is 11.9 Å². The van der Waals surface area contributed by atoms with Crippen molar-refractivity contribution >= 4 is 17.6 Å². The third-order valence-electron chi connectivity index (χ3n) is 6.33. The number of hydrogen-bond donors (Lipinski definition) is 1. The van der Waals surface area contributed by atoms with Crippen molar-refractivity contribution in [2.24, 2.45) is 5.41 Å². The van der Waals surface area contributed by atoms with Crippen LogP contribution in [-0.2, 0) is 20.7 Å². The number of benzene rings is 2. The Morgan fingerprint density at radius 2 is 1.83 bits per heavy atom. The van der Waals surface area contributed by atoms with Gasteiger partial charge in [-0.05, 0) is 56.2 Å². The number of allylic oxidation sites excluding steroid dienone is 2. The van der Waals surface area contributed by atoms with Crippen LogP contribution in [0.5, 0.6) is 0 Å². The van der Waals surface area contributed by atoms with Crippen molar-refractivity contribution < 1.29 is 14.3 Å². The average Bonchev–Trinajstić information content (AvgIpc) is 3.04. The Kier molecular flexibility index (Phi) is 6.03. The van der Waals surface area contributed by atoms with E-state index in [1.807, 2.05) is 54.6 Å². The highest BCUT2D eigenvalue weighted by Gasteiger charge is 2.57.